The van der Waals surface area contributed by atoms with Crippen LogP contribution in [0.1, 0.15) is 5.56 Å². The number of nitrogens with two attached hydrogens (primary N) is 1. The average Bonchev–Trinajstić information content (AvgIpc) is 2.73. The Hall–Kier alpha value is -2.87. The van der Waals surface area contributed by atoms with E-state index in [1.807, 2.05) is 31.2 Å². The van der Waals surface area contributed by atoms with E-state index in [0.717, 1.165) is 22.6 Å². The summed E-state index contributed by atoms with van der Waals surface area (Å²) in [6.45, 7) is 1.55. The van der Waals surface area contributed by atoms with Crippen LogP contribution in [-0.2, 0) is 4.79 Å². The molecule has 0 saturated carbocycles. The number of hydrogen-bond donors (Lipinski definition) is 3. The van der Waals surface area contributed by atoms with E-state index in [9.17, 15) is 13.6 Å². The number of carbonyl (C=O) groups is 1. The lowest BCUT2D eigenvalue weighted by atomic mass is 10.1. The fraction of sp³-hybridized carbons (Fsp3) is 0.316. The lowest BCUT2D eigenvalue weighted by Crippen LogP contribution is -2.56. The molecule has 2 aromatic rings. The SMILES string of the molecule is Cc1cc(N2CC(F)(F)C2)ccc1Nc1ccc2c(c1)OC[C@H](N)C(=O)N2. The Balaban J connectivity index is 1.50. The van der Waals surface area contributed by atoms with Gasteiger partial charge in [-0.1, -0.05) is 0 Å². The predicted octanol–water partition coefficient (Wildman–Crippen LogP) is 2.85. The molecule has 0 unspecified atom stereocenters. The summed E-state index contributed by atoms with van der Waals surface area (Å²) in [7, 11) is 0. The Labute approximate surface area is 155 Å². The van der Waals surface area contributed by atoms with Crippen LogP contribution in [0.15, 0.2) is 36.4 Å². The molecule has 0 spiro atoms. The zero-order valence-electron chi connectivity index (χ0n) is 14.8. The molecule has 1 atom stereocenters. The van der Waals surface area contributed by atoms with Crippen molar-refractivity contribution in [3.05, 3.63) is 42.0 Å². The number of halogens is 2. The molecule has 0 radical (unpaired) electrons. The number of alkyl halides is 2. The van der Waals surface area contributed by atoms with Gasteiger partial charge in [-0.15, -0.1) is 0 Å². The first-order valence-corrected chi connectivity index (χ1v) is 8.64. The zero-order chi connectivity index (χ0) is 19.2. The quantitative estimate of drug-likeness (QED) is 0.770. The van der Waals surface area contributed by atoms with Gasteiger partial charge in [0.1, 0.15) is 18.4 Å². The lowest BCUT2D eigenvalue weighted by molar-refractivity contribution is -0.117. The molecule has 0 aliphatic carbocycles. The molecule has 27 heavy (non-hydrogen) atoms. The van der Waals surface area contributed by atoms with Crippen molar-refractivity contribution >= 4 is 28.7 Å². The summed E-state index contributed by atoms with van der Waals surface area (Å²) >= 11 is 0. The van der Waals surface area contributed by atoms with Crippen molar-refractivity contribution in [2.24, 2.45) is 5.73 Å². The van der Waals surface area contributed by atoms with E-state index in [2.05, 4.69) is 10.6 Å². The van der Waals surface area contributed by atoms with Crippen LogP contribution in [0.5, 0.6) is 5.75 Å². The molecular weight excluding hydrogens is 354 g/mol. The highest BCUT2D eigenvalue weighted by molar-refractivity contribution is 5.97. The summed E-state index contributed by atoms with van der Waals surface area (Å²) in [4.78, 5) is 13.4. The summed E-state index contributed by atoms with van der Waals surface area (Å²) in [5.41, 5.74) is 9.65. The van der Waals surface area contributed by atoms with E-state index in [4.69, 9.17) is 10.5 Å². The van der Waals surface area contributed by atoms with Crippen LogP contribution in [-0.4, -0.2) is 37.6 Å². The summed E-state index contributed by atoms with van der Waals surface area (Å²) in [5, 5.41) is 6.02. The van der Waals surface area contributed by atoms with Crippen LogP contribution < -0.4 is 26.0 Å². The van der Waals surface area contributed by atoms with Gasteiger partial charge in [0.15, 0.2) is 0 Å². The molecule has 0 bridgehead atoms. The summed E-state index contributed by atoms with van der Waals surface area (Å²) in [6.07, 6.45) is 0. The number of carbonyl (C=O) groups excluding carboxylic acids is 1. The first-order chi connectivity index (χ1) is 12.8. The van der Waals surface area contributed by atoms with Gasteiger partial charge in [0, 0.05) is 23.1 Å². The third-order valence-electron chi connectivity index (χ3n) is 4.69. The number of hydrogen-bond acceptors (Lipinski definition) is 5. The minimum Gasteiger partial charge on any atom is -0.489 e. The van der Waals surface area contributed by atoms with Gasteiger partial charge >= 0.3 is 0 Å². The molecule has 142 valence electrons. The van der Waals surface area contributed by atoms with Crippen LogP contribution in [0.3, 0.4) is 0 Å². The maximum atomic E-state index is 13.1. The van der Waals surface area contributed by atoms with Crippen molar-refractivity contribution in [1.82, 2.24) is 0 Å². The van der Waals surface area contributed by atoms with Crippen molar-refractivity contribution in [3.8, 4) is 5.75 Å². The van der Waals surface area contributed by atoms with Gasteiger partial charge in [0.05, 0.1) is 18.8 Å². The number of fused-ring (bicyclic) bond motifs is 1. The van der Waals surface area contributed by atoms with E-state index < -0.39 is 12.0 Å². The molecule has 2 heterocycles. The Kier molecular flexibility index (Phi) is 4.15. The summed E-state index contributed by atoms with van der Waals surface area (Å²) < 4.78 is 31.7. The van der Waals surface area contributed by atoms with Crippen LogP contribution in [0.2, 0.25) is 0 Å². The molecule has 4 rings (SSSR count). The van der Waals surface area contributed by atoms with Gasteiger partial charge in [-0.05, 0) is 42.8 Å². The third-order valence-corrected chi connectivity index (χ3v) is 4.69. The third kappa shape index (κ3) is 3.52. The maximum Gasteiger partial charge on any atom is 0.282 e. The standard InChI is InChI=1S/C19H20F2N4O2/c1-11-6-13(25-9-19(20,21)10-25)3-5-15(11)23-12-2-4-16-17(7-12)27-8-14(22)18(26)24-16/h2-7,14,23H,8-10,22H2,1H3,(H,24,26)/t14-/m0/s1. The van der Waals surface area contributed by atoms with E-state index >= 15 is 0 Å². The van der Waals surface area contributed by atoms with Crippen LogP contribution >= 0.6 is 0 Å². The summed E-state index contributed by atoms with van der Waals surface area (Å²) in [5.74, 6) is -2.33. The first kappa shape index (κ1) is 17.5. The fourth-order valence-electron chi connectivity index (χ4n) is 3.14. The topological polar surface area (TPSA) is 79.6 Å². The zero-order valence-corrected chi connectivity index (χ0v) is 14.8. The van der Waals surface area contributed by atoms with E-state index in [-0.39, 0.29) is 25.6 Å². The van der Waals surface area contributed by atoms with Gasteiger partial charge in [-0.3, -0.25) is 4.79 Å². The van der Waals surface area contributed by atoms with E-state index in [1.165, 1.54) is 0 Å². The molecule has 2 aromatic carbocycles. The molecule has 2 aliphatic rings. The number of rotatable bonds is 3. The second-order valence-electron chi connectivity index (χ2n) is 6.95. The molecule has 4 N–H and O–H groups in total. The normalized spacial score (nSPS) is 20.7. The van der Waals surface area contributed by atoms with Crippen molar-refractivity contribution in [2.45, 2.75) is 18.9 Å². The predicted molar refractivity (Wildman–Crippen MR) is 100 cm³/mol. The number of nitrogens with zero attached hydrogens (tertiary/aromatic N) is 1. The number of ether oxygens (including phenoxy) is 1. The average molecular weight is 374 g/mol. The van der Waals surface area contributed by atoms with Gasteiger partial charge in [0.2, 0.25) is 5.91 Å². The van der Waals surface area contributed by atoms with Gasteiger partial charge in [-0.2, -0.15) is 0 Å². The monoisotopic (exact) mass is 374 g/mol. The molecule has 1 amide bonds. The molecule has 1 saturated heterocycles. The molecule has 8 heteroatoms. The Morgan fingerprint density at radius 1 is 1.26 bits per heavy atom. The molecule has 2 aliphatic heterocycles. The van der Waals surface area contributed by atoms with Crippen molar-refractivity contribution in [2.75, 3.05) is 35.2 Å². The Bertz CT molecular complexity index is 895. The second-order valence-corrected chi connectivity index (χ2v) is 6.95. The van der Waals surface area contributed by atoms with E-state index in [1.54, 1.807) is 17.0 Å². The van der Waals surface area contributed by atoms with E-state index in [0.29, 0.717) is 11.4 Å². The highest BCUT2D eigenvalue weighted by Gasteiger charge is 2.43. The van der Waals surface area contributed by atoms with Crippen LogP contribution in [0.4, 0.5) is 31.5 Å². The number of nitrogens with one attached hydrogen (secondary N) is 2. The first-order valence-electron chi connectivity index (χ1n) is 8.64. The minimum atomic E-state index is -2.59. The molecule has 6 nitrogen and oxygen atoms in total. The lowest BCUT2D eigenvalue weighted by Gasteiger charge is -2.40. The maximum absolute atomic E-state index is 13.1. The number of amides is 1. The molecule has 1 fully saturated rings. The van der Waals surface area contributed by atoms with Crippen LogP contribution in [0.25, 0.3) is 0 Å². The summed E-state index contributed by atoms with van der Waals surface area (Å²) in [6, 6.07) is 10.2. The Morgan fingerprint density at radius 3 is 2.74 bits per heavy atom. The van der Waals surface area contributed by atoms with Crippen molar-refractivity contribution in [1.29, 1.82) is 0 Å². The fourth-order valence-corrected chi connectivity index (χ4v) is 3.14. The number of aryl methyl sites for hydroxylation is 1. The smallest absolute Gasteiger partial charge is 0.282 e. The molecule has 0 aromatic heterocycles. The van der Waals surface area contributed by atoms with Crippen LogP contribution in [0, 0.1) is 6.92 Å². The van der Waals surface area contributed by atoms with Gasteiger partial charge in [-0.25, -0.2) is 8.78 Å². The van der Waals surface area contributed by atoms with Crippen molar-refractivity contribution < 1.29 is 18.3 Å². The molecular formula is C19H20F2N4O2. The largest absolute Gasteiger partial charge is 0.489 e. The number of anilines is 4. The van der Waals surface area contributed by atoms with Gasteiger partial charge in [0.25, 0.3) is 5.92 Å². The second kappa shape index (κ2) is 6.38. The minimum absolute atomic E-state index is 0.108. The highest BCUT2D eigenvalue weighted by Crippen LogP contribution is 2.35. The number of benzene rings is 2. The van der Waals surface area contributed by atoms with Gasteiger partial charge < -0.3 is 26.0 Å². The highest BCUT2D eigenvalue weighted by atomic mass is 19.3. The van der Waals surface area contributed by atoms with Crippen molar-refractivity contribution in [3.63, 3.8) is 0 Å². The Morgan fingerprint density at radius 2 is 2.04 bits per heavy atom.